The van der Waals surface area contributed by atoms with Gasteiger partial charge in [0.2, 0.25) is 0 Å². The van der Waals surface area contributed by atoms with Gasteiger partial charge in [0.25, 0.3) is 0 Å². The number of aromatic nitrogens is 4. The van der Waals surface area contributed by atoms with Gasteiger partial charge in [0.1, 0.15) is 0 Å². The lowest BCUT2D eigenvalue weighted by molar-refractivity contribution is 0.518. The Bertz CT molecular complexity index is 135. The van der Waals surface area contributed by atoms with Crippen molar-refractivity contribution in [1.29, 1.82) is 0 Å². The SMILES string of the molecule is CC(C)NC(C)C.[c-]1nn[nH]n1. The molecule has 0 fully saturated rings. The highest BCUT2D eigenvalue weighted by atomic mass is 15.5. The number of hydrogen-bond acceptors (Lipinski definition) is 4. The molecule has 5 nitrogen and oxygen atoms in total. The van der Waals surface area contributed by atoms with Gasteiger partial charge in [-0.15, -0.1) is 0 Å². The summed E-state index contributed by atoms with van der Waals surface area (Å²) in [5.74, 6) is 0. The Balaban J connectivity index is 0.000000211. The number of rotatable bonds is 2. The van der Waals surface area contributed by atoms with E-state index >= 15 is 0 Å². The van der Waals surface area contributed by atoms with E-state index in [9.17, 15) is 0 Å². The molecule has 1 aromatic heterocycles. The van der Waals surface area contributed by atoms with Crippen LogP contribution in [0.15, 0.2) is 0 Å². The zero-order valence-electron chi connectivity index (χ0n) is 8.00. The topological polar surface area (TPSA) is 66.5 Å². The van der Waals surface area contributed by atoms with Crippen LogP contribution in [0.2, 0.25) is 0 Å². The first-order chi connectivity index (χ1) is 5.63. The van der Waals surface area contributed by atoms with Gasteiger partial charge in [-0.3, -0.25) is 0 Å². The van der Waals surface area contributed by atoms with E-state index < -0.39 is 0 Å². The van der Waals surface area contributed by atoms with E-state index in [-0.39, 0.29) is 0 Å². The number of hydrogen-bond donors (Lipinski definition) is 2. The number of aromatic amines is 1. The lowest BCUT2D eigenvalue weighted by Crippen LogP contribution is -2.29. The fourth-order valence-corrected chi connectivity index (χ4v) is 0.778. The predicted molar refractivity (Wildman–Crippen MR) is 46.4 cm³/mol. The van der Waals surface area contributed by atoms with E-state index in [0.717, 1.165) is 0 Å². The Morgan fingerprint density at radius 2 is 1.75 bits per heavy atom. The molecule has 0 aromatic carbocycles. The van der Waals surface area contributed by atoms with Crippen LogP contribution in [0.3, 0.4) is 0 Å². The largest absolute Gasteiger partial charge is 0.357 e. The van der Waals surface area contributed by atoms with Crippen molar-refractivity contribution in [2.45, 2.75) is 39.8 Å². The first-order valence-electron chi connectivity index (χ1n) is 3.98. The smallest absolute Gasteiger partial charge is 0.00127 e. The van der Waals surface area contributed by atoms with Gasteiger partial charge in [-0.05, 0) is 0 Å². The van der Waals surface area contributed by atoms with Crippen molar-refractivity contribution in [1.82, 2.24) is 25.9 Å². The normalized spacial score (nSPS) is 9.83. The molecule has 5 heteroatoms. The van der Waals surface area contributed by atoms with Crippen LogP contribution in [0.25, 0.3) is 0 Å². The molecule has 0 amide bonds. The van der Waals surface area contributed by atoms with Gasteiger partial charge < -0.3 is 15.5 Å². The van der Waals surface area contributed by atoms with Crippen LogP contribution in [-0.2, 0) is 0 Å². The van der Waals surface area contributed by atoms with E-state index in [1.807, 2.05) is 0 Å². The van der Waals surface area contributed by atoms with E-state index in [2.05, 4.69) is 60.0 Å². The minimum absolute atomic E-state index is 0.625. The second kappa shape index (κ2) is 6.72. The van der Waals surface area contributed by atoms with Crippen molar-refractivity contribution in [2.24, 2.45) is 0 Å². The van der Waals surface area contributed by atoms with Crippen molar-refractivity contribution >= 4 is 0 Å². The Morgan fingerprint density at radius 1 is 1.17 bits per heavy atom. The van der Waals surface area contributed by atoms with Crippen LogP contribution in [0.1, 0.15) is 27.7 Å². The summed E-state index contributed by atoms with van der Waals surface area (Å²) in [5.41, 5.74) is 0. The lowest BCUT2D eigenvalue weighted by Gasteiger charge is -2.10. The third-order valence-corrected chi connectivity index (χ3v) is 0.906. The molecular weight excluding hydrogens is 154 g/mol. The molecule has 0 aliphatic carbocycles. The number of nitrogens with one attached hydrogen (secondary N) is 2. The van der Waals surface area contributed by atoms with Crippen molar-refractivity contribution in [2.75, 3.05) is 0 Å². The molecule has 0 radical (unpaired) electrons. The van der Waals surface area contributed by atoms with Gasteiger partial charge in [0, 0.05) is 12.1 Å². The van der Waals surface area contributed by atoms with Crippen LogP contribution in [0, 0.1) is 6.33 Å². The predicted octanol–water partition coefficient (Wildman–Crippen LogP) is 0.393. The number of nitrogens with zero attached hydrogens (tertiary/aromatic N) is 3. The second-order valence-corrected chi connectivity index (χ2v) is 2.99. The Hall–Kier alpha value is -0.970. The Kier molecular flexibility index (Phi) is 6.18. The molecule has 1 heterocycles. The summed E-state index contributed by atoms with van der Waals surface area (Å²) in [6.45, 7) is 8.61. The van der Waals surface area contributed by atoms with Gasteiger partial charge in [-0.1, -0.05) is 32.9 Å². The van der Waals surface area contributed by atoms with Crippen molar-refractivity contribution < 1.29 is 0 Å². The molecule has 0 spiro atoms. The average molecular weight is 170 g/mol. The van der Waals surface area contributed by atoms with E-state index in [4.69, 9.17) is 0 Å². The van der Waals surface area contributed by atoms with Gasteiger partial charge in [0.15, 0.2) is 0 Å². The summed E-state index contributed by atoms with van der Waals surface area (Å²) in [5, 5.41) is 15.1. The molecule has 0 atom stereocenters. The molecule has 0 aliphatic rings. The maximum Gasteiger partial charge on any atom is 0.00127 e. The molecule has 70 valence electrons. The average Bonchev–Trinajstić information content (AvgIpc) is 2.36. The fraction of sp³-hybridized carbons (Fsp3) is 0.857. The number of tetrazole rings is 1. The molecular formula is C7H16N5-. The molecule has 1 aromatic rings. The second-order valence-electron chi connectivity index (χ2n) is 2.99. The lowest BCUT2D eigenvalue weighted by atomic mass is 10.3. The maximum atomic E-state index is 3.31. The summed E-state index contributed by atoms with van der Waals surface area (Å²) in [7, 11) is 0. The summed E-state index contributed by atoms with van der Waals surface area (Å²) in [6, 6.07) is 1.25. The Labute approximate surface area is 73.0 Å². The monoisotopic (exact) mass is 170 g/mol. The van der Waals surface area contributed by atoms with Crippen molar-refractivity contribution in [3.05, 3.63) is 6.33 Å². The molecule has 0 bridgehead atoms. The summed E-state index contributed by atoms with van der Waals surface area (Å²) < 4.78 is 0. The van der Waals surface area contributed by atoms with Crippen LogP contribution < -0.4 is 5.32 Å². The van der Waals surface area contributed by atoms with Gasteiger partial charge in [0.05, 0.1) is 0 Å². The zero-order valence-corrected chi connectivity index (χ0v) is 8.00. The molecule has 0 saturated carbocycles. The van der Waals surface area contributed by atoms with E-state index in [0.29, 0.717) is 12.1 Å². The van der Waals surface area contributed by atoms with Crippen LogP contribution in [0.4, 0.5) is 0 Å². The highest BCUT2D eigenvalue weighted by Gasteiger charge is 1.92. The minimum atomic E-state index is 0.625. The van der Waals surface area contributed by atoms with Crippen molar-refractivity contribution in [3.8, 4) is 0 Å². The third-order valence-electron chi connectivity index (χ3n) is 0.906. The highest BCUT2D eigenvalue weighted by Crippen LogP contribution is 1.80. The molecule has 0 unspecified atom stereocenters. The van der Waals surface area contributed by atoms with Gasteiger partial charge in [-0.2, -0.15) is 0 Å². The zero-order chi connectivity index (χ0) is 9.40. The first kappa shape index (κ1) is 11.0. The van der Waals surface area contributed by atoms with Crippen LogP contribution >= 0.6 is 0 Å². The number of H-pyrrole nitrogens is 1. The minimum Gasteiger partial charge on any atom is -0.357 e. The van der Waals surface area contributed by atoms with Crippen molar-refractivity contribution in [3.63, 3.8) is 0 Å². The quantitative estimate of drug-likeness (QED) is 0.630. The Morgan fingerprint density at radius 3 is 1.83 bits per heavy atom. The highest BCUT2D eigenvalue weighted by molar-refractivity contribution is 4.55. The van der Waals surface area contributed by atoms with E-state index in [1.54, 1.807) is 0 Å². The summed E-state index contributed by atoms with van der Waals surface area (Å²) >= 11 is 0. The summed E-state index contributed by atoms with van der Waals surface area (Å²) in [4.78, 5) is 0. The van der Waals surface area contributed by atoms with Crippen LogP contribution in [-0.4, -0.2) is 32.7 Å². The maximum absolute atomic E-state index is 3.31. The van der Waals surface area contributed by atoms with Gasteiger partial charge in [-0.25, -0.2) is 11.5 Å². The fourth-order valence-electron chi connectivity index (χ4n) is 0.778. The summed E-state index contributed by atoms with van der Waals surface area (Å²) in [6.07, 6.45) is 2.19. The molecule has 0 saturated heterocycles. The third kappa shape index (κ3) is 9.03. The van der Waals surface area contributed by atoms with E-state index in [1.165, 1.54) is 0 Å². The molecule has 0 aliphatic heterocycles. The molecule has 12 heavy (non-hydrogen) atoms. The van der Waals surface area contributed by atoms with Crippen LogP contribution in [0.5, 0.6) is 0 Å². The first-order valence-corrected chi connectivity index (χ1v) is 3.98. The van der Waals surface area contributed by atoms with Gasteiger partial charge >= 0.3 is 0 Å². The molecule has 1 rings (SSSR count). The standard InChI is InChI=1S/C6H15N.CHN4/c1-5(2)7-6(3)4;1-2-4-5-3-1/h5-7H,1-4H3;(H,2,3,4,5)/q;-1. The molecule has 2 N–H and O–H groups in total.